The Morgan fingerprint density at radius 2 is 1.84 bits per heavy atom. The molecule has 0 amide bonds. The fourth-order valence-electron chi connectivity index (χ4n) is 2.21. The summed E-state index contributed by atoms with van der Waals surface area (Å²) >= 11 is 0. The number of hydrogen-bond acceptors (Lipinski definition) is 1. The molecule has 2 aromatic carbocycles. The lowest BCUT2D eigenvalue weighted by atomic mass is 9.91. The Bertz CT molecular complexity index is 566. The minimum absolute atomic E-state index is 0.116. The average Bonchev–Trinajstić information content (AvgIpc) is 2.40. The Hall–Kier alpha value is -1.74. The molecule has 0 aliphatic heterocycles. The molecule has 2 aromatic rings. The molecule has 0 heterocycles. The smallest absolute Gasteiger partial charge is 0.159 e. The summed E-state index contributed by atoms with van der Waals surface area (Å²) < 4.78 is 26.1. The highest BCUT2D eigenvalue weighted by Crippen LogP contribution is 2.22. The Morgan fingerprint density at radius 1 is 1.05 bits per heavy atom. The van der Waals surface area contributed by atoms with Crippen LogP contribution in [-0.2, 0) is 6.42 Å². The van der Waals surface area contributed by atoms with Crippen LogP contribution in [0.3, 0.4) is 0 Å². The van der Waals surface area contributed by atoms with Crippen LogP contribution < -0.4 is 5.73 Å². The van der Waals surface area contributed by atoms with Crippen molar-refractivity contribution in [1.29, 1.82) is 0 Å². The van der Waals surface area contributed by atoms with Crippen molar-refractivity contribution in [2.75, 3.05) is 6.54 Å². The van der Waals surface area contributed by atoms with E-state index >= 15 is 0 Å². The fourth-order valence-corrected chi connectivity index (χ4v) is 2.21. The SMILES string of the molecule is Cc1cccc(C(CN)Cc2ccc(F)c(F)c2)c1. The van der Waals surface area contributed by atoms with Crippen molar-refractivity contribution in [2.45, 2.75) is 19.3 Å². The van der Waals surface area contributed by atoms with E-state index in [2.05, 4.69) is 6.07 Å². The van der Waals surface area contributed by atoms with Gasteiger partial charge >= 0.3 is 0 Å². The third-order valence-electron chi connectivity index (χ3n) is 3.26. The molecule has 19 heavy (non-hydrogen) atoms. The Balaban J connectivity index is 2.21. The Kier molecular flexibility index (Phi) is 4.27. The Labute approximate surface area is 112 Å². The van der Waals surface area contributed by atoms with Crippen LogP contribution in [-0.4, -0.2) is 6.54 Å². The molecule has 1 nitrogen and oxygen atoms in total. The van der Waals surface area contributed by atoms with Gasteiger partial charge in [0.2, 0.25) is 0 Å². The molecule has 0 bridgehead atoms. The van der Waals surface area contributed by atoms with E-state index in [1.807, 2.05) is 25.1 Å². The summed E-state index contributed by atoms with van der Waals surface area (Å²) in [6.07, 6.45) is 0.608. The highest BCUT2D eigenvalue weighted by Gasteiger charge is 2.12. The van der Waals surface area contributed by atoms with Gasteiger partial charge in [-0.15, -0.1) is 0 Å². The zero-order chi connectivity index (χ0) is 13.8. The van der Waals surface area contributed by atoms with E-state index in [-0.39, 0.29) is 5.92 Å². The van der Waals surface area contributed by atoms with E-state index in [9.17, 15) is 8.78 Å². The zero-order valence-electron chi connectivity index (χ0n) is 10.9. The predicted molar refractivity (Wildman–Crippen MR) is 73.0 cm³/mol. The maximum Gasteiger partial charge on any atom is 0.159 e. The number of rotatable bonds is 4. The molecular weight excluding hydrogens is 244 g/mol. The van der Waals surface area contributed by atoms with Gasteiger partial charge in [-0.05, 0) is 43.1 Å². The van der Waals surface area contributed by atoms with Gasteiger partial charge in [0.05, 0.1) is 0 Å². The number of hydrogen-bond donors (Lipinski definition) is 1. The van der Waals surface area contributed by atoms with Gasteiger partial charge in [-0.1, -0.05) is 35.9 Å². The third kappa shape index (κ3) is 3.38. The molecule has 1 unspecified atom stereocenters. The number of nitrogens with two attached hydrogens (primary N) is 1. The van der Waals surface area contributed by atoms with Crippen molar-refractivity contribution in [3.05, 3.63) is 70.8 Å². The van der Waals surface area contributed by atoms with Crippen molar-refractivity contribution in [1.82, 2.24) is 0 Å². The topological polar surface area (TPSA) is 26.0 Å². The van der Waals surface area contributed by atoms with Gasteiger partial charge < -0.3 is 5.73 Å². The minimum atomic E-state index is -0.816. The van der Waals surface area contributed by atoms with Crippen LogP contribution in [0.5, 0.6) is 0 Å². The molecule has 0 radical (unpaired) electrons. The largest absolute Gasteiger partial charge is 0.330 e. The quantitative estimate of drug-likeness (QED) is 0.894. The highest BCUT2D eigenvalue weighted by molar-refractivity contribution is 5.28. The molecule has 0 aliphatic carbocycles. The summed E-state index contributed by atoms with van der Waals surface area (Å²) in [6.45, 7) is 2.50. The van der Waals surface area contributed by atoms with E-state index < -0.39 is 11.6 Å². The van der Waals surface area contributed by atoms with Crippen molar-refractivity contribution in [2.24, 2.45) is 5.73 Å². The highest BCUT2D eigenvalue weighted by atomic mass is 19.2. The van der Waals surface area contributed by atoms with Crippen LogP contribution >= 0.6 is 0 Å². The molecule has 0 saturated carbocycles. The van der Waals surface area contributed by atoms with Crippen molar-refractivity contribution in [3.63, 3.8) is 0 Å². The minimum Gasteiger partial charge on any atom is -0.330 e. The fraction of sp³-hybridized carbons (Fsp3) is 0.250. The summed E-state index contributed by atoms with van der Waals surface area (Å²) in [5.74, 6) is -1.51. The lowest BCUT2D eigenvalue weighted by Crippen LogP contribution is -2.15. The standard InChI is InChI=1S/C16H17F2N/c1-11-3-2-4-13(7-11)14(10-19)8-12-5-6-15(17)16(18)9-12/h2-7,9,14H,8,10,19H2,1H3. The summed E-state index contributed by atoms with van der Waals surface area (Å²) in [5, 5.41) is 0. The predicted octanol–water partition coefficient (Wildman–Crippen LogP) is 3.56. The van der Waals surface area contributed by atoms with Gasteiger partial charge in [0.1, 0.15) is 0 Å². The lowest BCUT2D eigenvalue weighted by molar-refractivity contribution is 0.506. The maximum atomic E-state index is 13.2. The molecule has 100 valence electrons. The summed E-state index contributed by atoms with van der Waals surface area (Å²) in [6, 6.07) is 12.1. The first-order valence-electron chi connectivity index (χ1n) is 6.30. The van der Waals surface area contributed by atoms with Crippen LogP contribution in [0.2, 0.25) is 0 Å². The van der Waals surface area contributed by atoms with E-state index in [0.717, 1.165) is 17.2 Å². The van der Waals surface area contributed by atoms with Crippen molar-refractivity contribution in [3.8, 4) is 0 Å². The second-order valence-corrected chi connectivity index (χ2v) is 4.80. The van der Waals surface area contributed by atoms with E-state index in [1.165, 1.54) is 11.6 Å². The molecule has 0 saturated heterocycles. The van der Waals surface area contributed by atoms with Gasteiger partial charge in [0.25, 0.3) is 0 Å². The summed E-state index contributed by atoms with van der Waals surface area (Å²) in [5.41, 5.74) is 8.86. The summed E-state index contributed by atoms with van der Waals surface area (Å²) in [7, 11) is 0. The van der Waals surface area contributed by atoms with Gasteiger partial charge in [-0.25, -0.2) is 8.78 Å². The molecule has 1 atom stereocenters. The monoisotopic (exact) mass is 261 g/mol. The van der Waals surface area contributed by atoms with Crippen LogP contribution in [0.15, 0.2) is 42.5 Å². The van der Waals surface area contributed by atoms with Gasteiger partial charge in [0, 0.05) is 5.92 Å². The molecule has 0 fully saturated rings. The first-order chi connectivity index (χ1) is 9.10. The molecular formula is C16H17F2N. The second kappa shape index (κ2) is 5.93. The van der Waals surface area contributed by atoms with Gasteiger partial charge in [-0.3, -0.25) is 0 Å². The number of aryl methyl sites for hydroxylation is 1. The zero-order valence-corrected chi connectivity index (χ0v) is 10.9. The lowest BCUT2D eigenvalue weighted by Gasteiger charge is -2.16. The number of halogens is 2. The van der Waals surface area contributed by atoms with Gasteiger partial charge in [0.15, 0.2) is 11.6 Å². The molecule has 0 aliphatic rings. The molecule has 2 rings (SSSR count). The molecule has 0 aromatic heterocycles. The third-order valence-corrected chi connectivity index (χ3v) is 3.26. The van der Waals surface area contributed by atoms with E-state index in [1.54, 1.807) is 6.07 Å². The summed E-state index contributed by atoms with van der Waals surface area (Å²) in [4.78, 5) is 0. The molecule has 3 heteroatoms. The Morgan fingerprint density at radius 3 is 2.47 bits per heavy atom. The molecule has 2 N–H and O–H groups in total. The maximum absolute atomic E-state index is 13.2. The van der Waals surface area contributed by atoms with Crippen LogP contribution in [0.25, 0.3) is 0 Å². The van der Waals surface area contributed by atoms with Crippen LogP contribution in [0.1, 0.15) is 22.6 Å². The van der Waals surface area contributed by atoms with Gasteiger partial charge in [-0.2, -0.15) is 0 Å². The van der Waals surface area contributed by atoms with Crippen molar-refractivity contribution >= 4 is 0 Å². The van der Waals surface area contributed by atoms with Crippen LogP contribution in [0, 0.1) is 18.6 Å². The molecule has 0 spiro atoms. The first-order valence-corrected chi connectivity index (χ1v) is 6.30. The van der Waals surface area contributed by atoms with Crippen LogP contribution in [0.4, 0.5) is 8.78 Å². The normalized spacial score (nSPS) is 12.4. The van der Waals surface area contributed by atoms with E-state index in [4.69, 9.17) is 5.73 Å². The first kappa shape index (κ1) is 13.7. The second-order valence-electron chi connectivity index (χ2n) is 4.80. The number of benzene rings is 2. The van der Waals surface area contributed by atoms with Crippen molar-refractivity contribution < 1.29 is 8.78 Å². The average molecular weight is 261 g/mol. The van der Waals surface area contributed by atoms with E-state index in [0.29, 0.717) is 13.0 Å².